The highest BCUT2D eigenvalue weighted by Crippen LogP contribution is 2.29. The summed E-state index contributed by atoms with van der Waals surface area (Å²) in [6, 6.07) is 3.08. The van der Waals surface area contributed by atoms with Gasteiger partial charge in [-0.2, -0.15) is 17.7 Å². The van der Waals surface area contributed by atoms with E-state index in [-0.39, 0.29) is 29.6 Å². The zero-order chi connectivity index (χ0) is 21.5. The lowest BCUT2D eigenvalue weighted by Gasteiger charge is -2.19. The number of halogens is 3. The summed E-state index contributed by atoms with van der Waals surface area (Å²) < 4.78 is 45.6. The van der Waals surface area contributed by atoms with Crippen LogP contribution in [0.3, 0.4) is 0 Å². The Balaban J connectivity index is 1.42. The topological polar surface area (TPSA) is 97.5 Å². The summed E-state index contributed by atoms with van der Waals surface area (Å²) >= 11 is 1.40. The van der Waals surface area contributed by atoms with E-state index in [0.717, 1.165) is 4.88 Å². The molecule has 13 heteroatoms. The molecule has 30 heavy (non-hydrogen) atoms. The van der Waals surface area contributed by atoms with Gasteiger partial charge in [0.1, 0.15) is 6.10 Å². The molecule has 9 nitrogen and oxygen atoms in total. The monoisotopic (exact) mass is 441 g/mol. The van der Waals surface area contributed by atoms with Crippen molar-refractivity contribution in [2.75, 3.05) is 11.9 Å². The third kappa shape index (κ3) is 4.36. The number of thiazole rings is 1. The quantitative estimate of drug-likeness (QED) is 0.650. The van der Waals surface area contributed by atoms with Crippen molar-refractivity contribution in [2.45, 2.75) is 45.1 Å². The molecule has 1 aliphatic heterocycles. The van der Waals surface area contributed by atoms with E-state index in [4.69, 9.17) is 4.74 Å². The molecule has 160 valence electrons. The number of alkyl halides is 3. The number of amides is 1. The predicted molar refractivity (Wildman–Crippen MR) is 101 cm³/mol. The van der Waals surface area contributed by atoms with Crippen LogP contribution < -0.4 is 10.1 Å². The fourth-order valence-electron chi connectivity index (χ4n) is 3.32. The van der Waals surface area contributed by atoms with Crippen LogP contribution in [0.5, 0.6) is 5.88 Å². The molecule has 1 amide bonds. The summed E-state index contributed by atoms with van der Waals surface area (Å²) in [7, 11) is 0. The average Bonchev–Trinajstić information content (AvgIpc) is 3.34. The Hall–Kier alpha value is -2.80. The van der Waals surface area contributed by atoms with Crippen LogP contribution in [0.15, 0.2) is 18.3 Å². The van der Waals surface area contributed by atoms with Gasteiger partial charge in [-0.1, -0.05) is 0 Å². The number of likely N-dealkylation sites (tertiary alicyclic amines) is 1. The van der Waals surface area contributed by atoms with Crippen molar-refractivity contribution in [3.63, 3.8) is 0 Å². The van der Waals surface area contributed by atoms with Gasteiger partial charge >= 0.3 is 6.18 Å². The van der Waals surface area contributed by atoms with Crippen molar-refractivity contribution in [1.82, 2.24) is 29.7 Å². The van der Waals surface area contributed by atoms with Gasteiger partial charge < -0.3 is 10.1 Å². The van der Waals surface area contributed by atoms with Gasteiger partial charge in [0.2, 0.25) is 11.8 Å². The van der Waals surface area contributed by atoms with E-state index < -0.39 is 12.0 Å². The van der Waals surface area contributed by atoms with Crippen molar-refractivity contribution >= 4 is 28.0 Å². The molecule has 0 spiro atoms. The number of aromatic nitrogens is 5. The number of hydrogen-bond acceptors (Lipinski definition) is 8. The minimum atomic E-state index is -4.66. The van der Waals surface area contributed by atoms with E-state index in [1.807, 2.05) is 0 Å². The maximum absolute atomic E-state index is 13.0. The second-order valence-corrected chi connectivity index (χ2v) is 8.15. The smallest absolute Gasteiger partial charge is 0.453 e. The van der Waals surface area contributed by atoms with Crippen molar-refractivity contribution < 1.29 is 22.7 Å². The van der Waals surface area contributed by atoms with Crippen LogP contribution in [0.25, 0.3) is 5.65 Å². The lowest BCUT2D eigenvalue weighted by atomic mass is 10.2. The lowest BCUT2D eigenvalue weighted by Crippen LogP contribution is -2.27. The number of carbonyl (C=O) groups is 1. The normalized spacial score (nSPS) is 20.0. The molecule has 1 fully saturated rings. The number of nitrogens with one attached hydrogen (secondary N) is 1. The molecular formula is C17H18F3N7O2S. The van der Waals surface area contributed by atoms with Crippen LogP contribution in [0.1, 0.15) is 31.0 Å². The van der Waals surface area contributed by atoms with Gasteiger partial charge in [0.15, 0.2) is 10.8 Å². The molecule has 0 unspecified atom stereocenters. The minimum Gasteiger partial charge on any atom is -0.472 e. The molecule has 0 aliphatic carbocycles. The predicted octanol–water partition coefficient (Wildman–Crippen LogP) is 2.60. The van der Waals surface area contributed by atoms with E-state index in [2.05, 4.69) is 37.4 Å². The summed E-state index contributed by atoms with van der Waals surface area (Å²) in [5, 5.41) is 13.8. The number of hydrogen-bond donors (Lipinski definition) is 1. The molecule has 3 aromatic heterocycles. The Morgan fingerprint density at radius 1 is 1.37 bits per heavy atom. The standard InChI is InChI=1S/C17H18F3N7O2S/c1-9-5-11(7-26(9)8-12-6-21-16(30-12)22-10(2)28)29-14-4-3-13-23-24-15(17(18,19)20)27(13)25-14/h3-4,6,9,11H,5,7-8H2,1-2H3,(H,21,22,28)/t9-,11+/m0/s1. The van der Waals surface area contributed by atoms with Crippen molar-refractivity contribution in [1.29, 1.82) is 0 Å². The van der Waals surface area contributed by atoms with Gasteiger partial charge in [0, 0.05) is 49.6 Å². The SMILES string of the molecule is CC(=O)Nc1ncc(CN2C[C@H](Oc3ccc4nnc(C(F)(F)F)n4n3)C[C@@H]2C)s1. The zero-order valence-electron chi connectivity index (χ0n) is 16.0. The van der Waals surface area contributed by atoms with Gasteiger partial charge in [-0.15, -0.1) is 26.6 Å². The van der Waals surface area contributed by atoms with E-state index in [1.165, 1.54) is 30.4 Å². The van der Waals surface area contributed by atoms with Gasteiger partial charge in [0.05, 0.1) is 0 Å². The van der Waals surface area contributed by atoms with Crippen molar-refractivity contribution in [2.24, 2.45) is 0 Å². The number of fused-ring (bicyclic) bond motifs is 1. The summed E-state index contributed by atoms with van der Waals surface area (Å²) in [6.07, 6.45) is -2.46. The first kappa shape index (κ1) is 20.5. The zero-order valence-corrected chi connectivity index (χ0v) is 16.9. The molecule has 1 aliphatic rings. The summed E-state index contributed by atoms with van der Waals surface area (Å²) in [4.78, 5) is 18.5. The Morgan fingerprint density at radius 3 is 2.90 bits per heavy atom. The van der Waals surface area contributed by atoms with Gasteiger partial charge in [0.25, 0.3) is 5.82 Å². The largest absolute Gasteiger partial charge is 0.472 e. The summed E-state index contributed by atoms with van der Waals surface area (Å²) in [6.45, 7) is 4.70. The molecule has 4 rings (SSSR count). The molecule has 0 radical (unpaired) electrons. The molecule has 1 saturated heterocycles. The van der Waals surface area contributed by atoms with Crippen LogP contribution >= 0.6 is 11.3 Å². The molecule has 0 aromatic carbocycles. The molecular weight excluding hydrogens is 423 g/mol. The van der Waals surface area contributed by atoms with Crippen LogP contribution in [0, 0.1) is 0 Å². The van der Waals surface area contributed by atoms with Crippen LogP contribution in [-0.2, 0) is 17.5 Å². The van der Waals surface area contributed by atoms with Crippen LogP contribution in [0.4, 0.5) is 18.3 Å². The molecule has 0 saturated carbocycles. The van der Waals surface area contributed by atoms with E-state index >= 15 is 0 Å². The summed E-state index contributed by atoms with van der Waals surface area (Å²) in [5.41, 5.74) is -0.00346. The molecule has 1 N–H and O–H groups in total. The Morgan fingerprint density at radius 2 is 2.17 bits per heavy atom. The van der Waals surface area contributed by atoms with Crippen LogP contribution in [-0.4, -0.2) is 54.3 Å². The third-order valence-corrected chi connectivity index (χ3v) is 5.54. The molecule has 3 aromatic rings. The number of nitrogens with zero attached hydrogens (tertiary/aromatic N) is 6. The fourth-order valence-corrected chi connectivity index (χ4v) is 4.21. The first-order valence-corrected chi connectivity index (χ1v) is 9.93. The number of rotatable bonds is 5. The van der Waals surface area contributed by atoms with E-state index in [1.54, 1.807) is 6.20 Å². The summed E-state index contributed by atoms with van der Waals surface area (Å²) in [5.74, 6) is -1.28. The number of ether oxygens (including phenoxy) is 1. The molecule has 2 atom stereocenters. The van der Waals surface area contributed by atoms with E-state index in [0.29, 0.717) is 29.2 Å². The lowest BCUT2D eigenvalue weighted by molar-refractivity contribution is -0.146. The highest BCUT2D eigenvalue weighted by molar-refractivity contribution is 7.15. The Kier molecular flexibility index (Phi) is 5.32. The fraction of sp³-hybridized carbons (Fsp3) is 0.471. The Labute approximate surface area is 172 Å². The number of anilines is 1. The second-order valence-electron chi connectivity index (χ2n) is 7.03. The van der Waals surface area contributed by atoms with Gasteiger partial charge in [-0.3, -0.25) is 9.69 Å². The highest BCUT2D eigenvalue weighted by atomic mass is 32.1. The average molecular weight is 441 g/mol. The molecule has 0 bridgehead atoms. The maximum atomic E-state index is 13.0. The second kappa shape index (κ2) is 7.80. The first-order chi connectivity index (χ1) is 14.2. The van der Waals surface area contributed by atoms with Gasteiger partial charge in [-0.05, 0) is 13.0 Å². The minimum absolute atomic E-state index is 0.00346. The van der Waals surface area contributed by atoms with E-state index in [9.17, 15) is 18.0 Å². The number of carbonyl (C=O) groups excluding carboxylic acids is 1. The maximum Gasteiger partial charge on any atom is 0.453 e. The van der Waals surface area contributed by atoms with Crippen LogP contribution in [0.2, 0.25) is 0 Å². The first-order valence-electron chi connectivity index (χ1n) is 9.11. The molecule has 4 heterocycles. The van der Waals surface area contributed by atoms with Crippen molar-refractivity contribution in [3.05, 3.63) is 29.0 Å². The Bertz CT molecular complexity index is 1070. The van der Waals surface area contributed by atoms with Crippen molar-refractivity contribution in [3.8, 4) is 5.88 Å². The third-order valence-electron chi connectivity index (χ3n) is 4.64. The van der Waals surface area contributed by atoms with Gasteiger partial charge in [-0.25, -0.2) is 4.98 Å². The highest BCUT2D eigenvalue weighted by Gasteiger charge is 2.38.